The fourth-order valence-corrected chi connectivity index (χ4v) is 2.28. The van der Waals surface area contributed by atoms with Crippen LogP contribution in [0, 0.1) is 6.92 Å². The van der Waals surface area contributed by atoms with E-state index in [-0.39, 0.29) is 0 Å². The molecular formula is C9H13NO2S. The van der Waals surface area contributed by atoms with Gasteiger partial charge in [0, 0.05) is 19.0 Å². The quantitative estimate of drug-likeness (QED) is 0.784. The Labute approximate surface area is 78.7 Å². The van der Waals surface area contributed by atoms with Crippen LogP contribution in [0.1, 0.15) is 5.56 Å². The van der Waals surface area contributed by atoms with Crippen molar-refractivity contribution in [3.63, 3.8) is 0 Å². The largest absolute Gasteiger partial charge is 0.388 e. The summed E-state index contributed by atoms with van der Waals surface area (Å²) in [5, 5.41) is 2.94. The molecule has 13 heavy (non-hydrogen) atoms. The Morgan fingerprint density at radius 3 is 2.38 bits per heavy atom. The Balaban J connectivity index is 3.41. The van der Waals surface area contributed by atoms with Gasteiger partial charge in [-0.2, -0.15) is 0 Å². The highest BCUT2D eigenvalue weighted by Gasteiger charge is 2.11. The lowest BCUT2D eigenvalue weighted by Crippen LogP contribution is -2.02. The van der Waals surface area contributed by atoms with Crippen LogP contribution in [0.5, 0.6) is 0 Å². The van der Waals surface area contributed by atoms with Crippen molar-refractivity contribution in [3.05, 3.63) is 23.8 Å². The van der Waals surface area contributed by atoms with Crippen LogP contribution in [0.15, 0.2) is 23.1 Å². The first-order valence-corrected chi connectivity index (χ1v) is 5.83. The first-order chi connectivity index (χ1) is 5.96. The van der Waals surface area contributed by atoms with Crippen LogP contribution in [0.2, 0.25) is 0 Å². The highest BCUT2D eigenvalue weighted by Crippen LogP contribution is 2.21. The predicted molar refractivity (Wildman–Crippen MR) is 53.8 cm³/mol. The molecular weight excluding hydrogens is 186 g/mol. The van der Waals surface area contributed by atoms with Crippen molar-refractivity contribution in [2.45, 2.75) is 11.8 Å². The van der Waals surface area contributed by atoms with E-state index in [1.165, 1.54) is 6.26 Å². The number of sulfone groups is 1. The molecule has 1 rings (SSSR count). The van der Waals surface area contributed by atoms with Crippen LogP contribution in [0.4, 0.5) is 5.69 Å². The van der Waals surface area contributed by atoms with Crippen LogP contribution in [-0.2, 0) is 9.84 Å². The van der Waals surface area contributed by atoms with Crippen molar-refractivity contribution in [3.8, 4) is 0 Å². The van der Waals surface area contributed by atoms with E-state index in [1.807, 2.05) is 6.07 Å². The SMILES string of the molecule is CNc1cccc(S(C)(=O)=O)c1C. The molecule has 0 aliphatic heterocycles. The molecule has 0 atom stereocenters. The van der Waals surface area contributed by atoms with Crippen LogP contribution in [-0.4, -0.2) is 21.7 Å². The third kappa shape index (κ3) is 2.01. The highest BCUT2D eigenvalue weighted by molar-refractivity contribution is 7.90. The van der Waals surface area contributed by atoms with Crippen LogP contribution >= 0.6 is 0 Å². The van der Waals surface area contributed by atoms with E-state index in [0.717, 1.165) is 11.3 Å². The maximum atomic E-state index is 11.3. The van der Waals surface area contributed by atoms with Gasteiger partial charge in [0.2, 0.25) is 0 Å². The molecule has 3 nitrogen and oxygen atoms in total. The summed E-state index contributed by atoms with van der Waals surface area (Å²) < 4.78 is 22.6. The van der Waals surface area contributed by atoms with E-state index < -0.39 is 9.84 Å². The zero-order valence-corrected chi connectivity index (χ0v) is 8.77. The number of hydrogen-bond acceptors (Lipinski definition) is 3. The molecule has 0 amide bonds. The van der Waals surface area contributed by atoms with E-state index in [1.54, 1.807) is 26.1 Å². The molecule has 0 aliphatic carbocycles. The Morgan fingerprint density at radius 1 is 1.31 bits per heavy atom. The van der Waals surface area contributed by atoms with Crippen molar-refractivity contribution in [2.24, 2.45) is 0 Å². The van der Waals surface area contributed by atoms with Crippen LogP contribution in [0.25, 0.3) is 0 Å². The molecule has 1 N–H and O–H groups in total. The Bertz CT molecular complexity index is 410. The predicted octanol–water partition coefficient (Wildman–Crippen LogP) is 1.44. The minimum absolute atomic E-state index is 0.388. The summed E-state index contributed by atoms with van der Waals surface area (Å²) in [4.78, 5) is 0.388. The number of hydrogen-bond donors (Lipinski definition) is 1. The van der Waals surface area contributed by atoms with Crippen molar-refractivity contribution < 1.29 is 8.42 Å². The molecule has 72 valence electrons. The van der Waals surface area contributed by atoms with E-state index in [2.05, 4.69) is 5.32 Å². The lowest BCUT2D eigenvalue weighted by Gasteiger charge is -2.08. The summed E-state index contributed by atoms with van der Waals surface area (Å²) >= 11 is 0. The first-order valence-electron chi connectivity index (χ1n) is 3.94. The van der Waals surface area contributed by atoms with E-state index in [9.17, 15) is 8.42 Å². The molecule has 0 unspecified atom stereocenters. The Kier molecular flexibility index (Phi) is 2.61. The van der Waals surface area contributed by atoms with Gasteiger partial charge in [0.25, 0.3) is 0 Å². The molecule has 1 aromatic carbocycles. The standard InChI is InChI=1S/C9H13NO2S/c1-7-8(10-2)5-4-6-9(7)13(3,11)12/h4-6,10H,1-3H3. The third-order valence-electron chi connectivity index (χ3n) is 1.95. The van der Waals surface area contributed by atoms with E-state index >= 15 is 0 Å². The van der Waals surface area contributed by atoms with Gasteiger partial charge >= 0.3 is 0 Å². The molecule has 0 spiro atoms. The lowest BCUT2D eigenvalue weighted by atomic mass is 10.2. The maximum Gasteiger partial charge on any atom is 0.175 e. The molecule has 0 aromatic heterocycles. The van der Waals surface area contributed by atoms with Gasteiger partial charge in [0.1, 0.15) is 0 Å². The summed E-state index contributed by atoms with van der Waals surface area (Å²) in [6, 6.07) is 5.20. The zero-order valence-electron chi connectivity index (χ0n) is 7.96. The van der Waals surface area contributed by atoms with Crippen molar-refractivity contribution in [2.75, 3.05) is 18.6 Å². The number of benzene rings is 1. The van der Waals surface area contributed by atoms with Gasteiger partial charge in [-0.15, -0.1) is 0 Å². The lowest BCUT2D eigenvalue weighted by molar-refractivity contribution is 0.601. The molecule has 0 heterocycles. The van der Waals surface area contributed by atoms with Crippen molar-refractivity contribution in [1.82, 2.24) is 0 Å². The van der Waals surface area contributed by atoms with E-state index in [0.29, 0.717) is 4.90 Å². The molecule has 0 aliphatic rings. The second-order valence-corrected chi connectivity index (χ2v) is 4.94. The number of rotatable bonds is 2. The van der Waals surface area contributed by atoms with Gasteiger partial charge < -0.3 is 5.32 Å². The van der Waals surface area contributed by atoms with Gasteiger partial charge in [-0.3, -0.25) is 0 Å². The monoisotopic (exact) mass is 199 g/mol. The average molecular weight is 199 g/mol. The Hall–Kier alpha value is -1.03. The smallest absolute Gasteiger partial charge is 0.175 e. The van der Waals surface area contributed by atoms with Gasteiger partial charge in [0.15, 0.2) is 9.84 Å². The number of anilines is 1. The van der Waals surface area contributed by atoms with Gasteiger partial charge in [-0.1, -0.05) is 6.07 Å². The molecule has 0 saturated carbocycles. The molecule has 0 radical (unpaired) electrons. The van der Waals surface area contributed by atoms with Gasteiger partial charge in [-0.05, 0) is 24.6 Å². The molecule has 0 bridgehead atoms. The topological polar surface area (TPSA) is 46.2 Å². The summed E-state index contributed by atoms with van der Waals surface area (Å²) in [5.41, 5.74) is 1.62. The fraction of sp³-hybridized carbons (Fsp3) is 0.333. The summed E-state index contributed by atoms with van der Waals surface area (Å²) in [6.07, 6.45) is 1.22. The Morgan fingerprint density at radius 2 is 1.92 bits per heavy atom. The summed E-state index contributed by atoms with van der Waals surface area (Å²) in [5.74, 6) is 0. The van der Waals surface area contributed by atoms with E-state index in [4.69, 9.17) is 0 Å². The van der Waals surface area contributed by atoms with Gasteiger partial charge in [0.05, 0.1) is 4.90 Å². The molecule has 0 saturated heterocycles. The first kappa shape index (κ1) is 10.1. The van der Waals surface area contributed by atoms with Gasteiger partial charge in [-0.25, -0.2) is 8.42 Å². The van der Waals surface area contributed by atoms with Crippen molar-refractivity contribution in [1.29, 1.82) is 0 Å². The summed E-state index contributed by atoms with van der Waals surface area (Å²) in [7, 11) is -1.33. The molecule has 0 fully saturated rings. The fourth-order valence-electron chi connectivity index (χ4n) is 1.29. The second kappa shape index (κ2) is 3.38. The minimum atomic E-state index is -3.11. The molecule has 1 aromatic rings. The van der Waals surface area contributed by atoms with Crippen LogP contribution in [0.3, 0.4) is 0 Å². The second-order valence-electron chi connectivity index (χ2n) is 2.95. The van der Waals surface area contributed by atoms with Crippen molar-refractivity contribution >= 4 is 15.5 Å². The normalized spacial score (nSPS) is 11.3. The maximum absolute atomic E-state index is 11.3. The minimum Gasteiger partial charge on any atom is -0.388 e. The third-order valence-corrected chi connectivity index (χ3v) is 3.19. The molecule has 4 heteroatoms. The van der Waals surface area contributed by atoms with Crippen LogP contribution < -0.4 is 5.32 Å². The number of nitrogens with one attached hydrogen (secondary N) is 1. The highest BCUT2D eigenvalue weighted by atomic mass is 32.2. The zero-order chi connectivity index (χ0) is 10.1. The summed E-state index contributed by atoms with van der Waals surface area (Å²) in [6.45, 7) is 1.79. The average Bonchev–Trinajstić information content (AvgIpc) is 2.02.